The SMILES string of the molecule is COc1ccc(F)c(-c2cnc(NCC3CCCCN3C)nc2C)c1.Cl. The molecule has 1 fully saturated rings. The first-order valence-corrected chi connectivity index (χ1v) is 8.70. The van der Waals surface area contributed by atoms with E-state index >= 15 is 0 Å². The number of hydrogen-bond acceptors (Lipinski definition) is 5. The monoisotopic (exact) mass is 380 g/mol. The van der Waals surface area contributed by atoms with E-state index in [1.807, 2.05) is 6.92 Å². The van der Waals surface area contributed by atoms with Gasteiger partial charge in [0.25, 0.3) is 0 Å². The van der Waals surface area contributed by atoms with Gasteiger partial charge in [0.1, 0.15) is 11.6 Å². The minimum Gasteiger partial charge on any atom is -0.497 e. The fraction of sp³-hybridized carbons (Fsp3) is 0.474. The molecule has 0 saturated carbocycles. The highest BCUT2D eigenvalue weighted by Crippen LogP contribution is 2.28. The quantitative estimate of drug-likeness (QED) is 0.852. The van der Waals surface area contributed by atoms with E-state index in [0.717, 1.165) is 18.8 Å². The van der Waals surface area contributed by atoms with Gasteiger partial charge in [0, 0.05) is 29.9 Å². The third-order valence-corrected chi connectivity index (χ3v) is 4.86. The number of likely N-dealkylation sites (tertiary alicyclic amines) is 1. The highest BCUT2D eigenvalue weighted by molar-refractivity contribution is 5.85. The van der Waals surface area contributed by atoms with Crippen LogP contribution in [-0.4, -0.2) is 48.2 Å². The summed E-state index contributed by atoms with van der Waals surface area (Å²) in [5.74, 6) is 0.888. The molecule has 1 aromatic heterocycles. The third-order valence-electron chi connectivity index (χ3n) is 4.86. The molecule has 1 aliphatic heterocycles. The Morgan fingerprint density at radius 1 is 1.31 bits per heavy atom. The van der Waals surface area contributed by atoms with Crippen molar-refractivity contribution in [3.63, 3.8) is 0 Å². The summed E-state index contributed by atoms with van der Waals surface area (Å²) in [4.78, 5) is 11.3. The van der Waals surface area contributed by atoms with Crippen LogP contribution < -0.4 is 10.1 Å². The summed E-state index contributed by atoms with van der Waals surface area (Å²) >= 11 is 0. The van der Waals surface area contributed by atoms with E-state index in [1.54, 1.807) is 25.4 Å². The van der Waals surface area contributed by atoms with Crippen molar-refractivity contribution in [3.8, 4) is 16.9 Å². The van der Waals surface area contributed by atoms with Crippen LogP contribution in [0.5, 0.6) is 5.75 Å². The van der Waals surface area contributed by atoms with Gasteiger partial charge in [0.05, 0.1) is 12.8 Å². The summed E-state index contributed by atoms with van der Waals surface area (Å²) in [6.45, 7) is 3.83. The number of rotatable bonds is 5. The molecule has 7 heteroatoms. The largest absolute Gasteiger partial charge is 0.497 e. The number of methoxy groups -OCH3 is 1. The molecule has 5 nitrogen and oxygen atoms in total. The third kappa shape index (κ3) is 4.62. The van der Waals surface area contributed by atoms with Crippen molar-refractivity contribution < 1.29 is 9.13 Å². The normalized spacial score (nSPS) is 17.5. The lowest BCUT2D eigenvalue weighted by atomic mass is 10.0. The molecule has 0 radical (unpaired) electrons. The molecule has 0 aliphatic carbocycles. The summed E-state index contributed by atoms with van der Waals surface area (Å²) in [6, 6.07) is 5.18. The number of aromatic nitrogens is 2. The van der Waals surface area contributed by atoms with Crippen molar-refractivity contribution in [3.05, 3.63) is 35.9 Å². The lowest BCUT2D eigenvalue weighted by molar-refractivity contribution is 0.194. The van der Waals surface area contributed by atoms with Crippen LogP contribution in [0.1, 0.15) is 25.0 Å². The van der Waals surface area contributed by atoms with Crippen molar-refractivity contribution in [2.75, 3.05) is 32.6 Å². The Morgan fingerprint density at radius 3 is 2.81 bits per heavy atom. The van der Waals surface area contributed by atoms with Gasteiger partial charge in [-0.1, -0.05) is 6.42 Å². The van der Waals surface area contributed by atoms with Gasteiger partial charge in [-0.2, -0.15) is 0 Å². The van der Waals surface area contributed by atoms with Crippen molar-refractivity contribution >= 4 is 18.4 Å². The van der Waals surface area contributed by atoms with Crippen LogP contribution in [0.25, 0.3) is 11.1 Å². The Labute approximate surface area is 160 Å². The van der Waals surface area contributed by atoms with E-state index in [1.165, 1.54) is 25.3 Å². The standard InChI is InChI=1S/C19H25FN4O.ClH/c1-13-17(16-10-15(25-3)7-8-18(16)20)12-22-19(23-13)21-11-14-6-4-5-9-24(14)2;/h7-8,10,12,14H,4-6,9,11H2,1-3H3,(H,21,22,23);1H. The highest BCUT2D eigenvalue weighted by atomic mass is 35.5. The first kappa shape index (κ1) is 20.4. The first-order valence-electron chi connectivity index (χ1n) is 8.70. The zero-order chi connectivity index (χ0) is 17.8. The number of hydrogen-bond donors (Lipinski definition) is 1. The smallest absolute Gasteiger partial charge is 0.222 e. The van der Waals surface area contributed by atoms with Gasteiger partial charge < -0.3 is 15.0 Å². The predicted octanol–water partition coefficient (Wildman–Crippen LogP) is 3.92. The van der Waals surface area contributed by atoms with Crippen LogP contribution in [0.15, 0.2) is 24.4 Å². The predicted molar refractivity (Wildman–Crippen MR) is 105 cm³/mol. The molecular weight excluding hydrogens is 355 g/mol. The summed E-state index contributed by atoms with van der Waals surface area (Å²) in [5, 5.41) is 3.32. The second-order valence-electron chi connectivity index (χ2n) is 6.55. The second kappa shape index (κ2) is 9.14. The van der Waals surface area contributed by atoms with E-state index in [-0.39, 0.29) is 18.2 Å². The molecule has 2 aromatic rings. The average Bonchev–Trinajstić information content (AvgIpc) is 2.62. The molecule has 1 unspecified atom stereocenters. The second-order valence-corrected chi connectivity index (χ2v) is 6.55. The zero-order valence-electron chi connectivity index (χ0n) is 15.5. The minimum absolute atomic E-state index is 0. The minimum atomic E-state index is -0.308. The van der Waals surface area contributed by atoms with E-state index in [9.17, 15) is 4.39 Å². The Balaban J connectivity index is 0.00000243. The first-order chi connectivity index (χ1) is 12.1. The maximum atomic E-state index is 14.2. The number of piperidine rings is 1. The molecule has 142 valence electrons. The van der Waals surface area contributed by atoms with E-state index in [4.69, 9.17) is 4.74 Å². The summed E-state index contributed by atoms with van der Waals surface area (Å²) in [5.41, 5.74) is 1.87. The van der Waals surface area contributed by atoms with Crippen LogP contribution in [-0.2, 0) is 0 Å². The number of ether oxygens (including phenoxy) is 1. The summed E-state index contributed by atoms with van der Waals surface area (Å²) in [6.07, 6.45) is 5.40. The fourth-order valence-corrected chi connectivity index (χ4v) is 3.27. The molecule has 0 bridgehead atoms. The molecule has 3 rings (SSSR count). The van der Waals surface area contributed by atoms with E-state index in [2.05, 4.69) is 27.2 Å². The van der Waals surface area contributed by atoms with E-state index in [0.29, 0.717) is 28.9 Å². The molecule has 26 heavy (non-hydrogen) atoms. The molecule has 2 heterocycles. The lowest BCUT2D eigenvalue weighted by Gasteiger charge is -2.32. The van der Waals surface area contributed by atoms with Crippen molar-refractivity contribution in [1.82, 2.24) is 14.9 Å². The van der Waals surface area contributed by atoms with Crippen LogP contribution in [0.3, 0.4) is 0 Å². The van der Waals surface area contributed by atoms with Gasteiger partial charge in [-0.05, 0) is 51.6 Å². The molecule has 1 aromatic carbocycles. The van der Waals surface area contributed by atoms with Gasteiger partial charge in [0.2, 0.25) is 5.95 Å². The number of nitrogens with one attached hydrogen (secondary N) is 1. The number of halogens is 2. The van der Waals surface area contributed by atoms with Gasteiger partial charge in [-0.3, -0.25) is 0 Å². The molecule has 0 spiro atoms. The number of aryl methyl sites for hydroxylation is 1. The molecule has 1 aliphatic rings. The average molecular weight is 381 g/mol. The van der Waals surface area contributed by atoms with Gasteiger partial charge in [-0.25, -0.2) is 14.4 Å². The Bertz CT molecular complexity index is 743. The van der Waals surface area contributed by atoms with Gasteiger partial charge in [0.15, 0.2) is 0 Å². The van der Waals surface area contributed by atoms with Crippen molar-refractivity contribution in [2.45, 2.75) is 32.2 Å². The Morgan fingerprint density at radius 2 is 2.12 bits per heavy atom. The molecule has 1 saturated heterocycles. The molecular formula is C19H26ClFN4O. The zero-order valence-corrected chi connectivity index (χ0v) is 16.3. The van der Waals surface area contributed by atoms with Crippen LogP contribution in [0.2, 0.25) is 0 Å². The fourth-order valence-electron chi connectivity index (χ4n) is 3.27. The topological polar surface area (TPSA) is 50.3 Å². The maximum Gasteiger partial charge on any atom is 0.222 e. The molecule has 1 atom stereocenters. The van der Waals surface area contributed by atoms with Crippen molar-refractivity contribution in [1.29, 1.82) is 0 Å². The summed E-state index contributed by atoms with van der Waals surface area (Å²) in [7, 11) is 3.72. The van der Waals surface area contributed by atoms with Crippen molar-refractivity contribution in [2.24, 2.45) is 0 Å². The highest BCUT2D eigenvalue weighted by Gasteiger charge is 2.19. The number of anilines is 1. The maximum absolute atomic E-state index is 14.2. The molecule has 1 N–H and O–H groups in total. The number of nitrogens with zero attached hydrogens (tertiary/aromatic N) is 3. The summed E-state index contributed by atoms with van der Waals surface area (Å²) < 4.78 is 19.4. The molecule has 0 amide bonds. The number of benzene rings is 1. The van der Waals surface area contributed by atoms with Crippen LogP contribution >= 0.6 is 12.4 Å². The Hall–Kier alpha value is -1.92. The van der Waals surface area contributed by atoms with Crippen LogP contribution in [0, 0.1) is 12.7 Å². The lowest BCUT2D eigenvalue weighted by Crippen LogP contribution is -2.41. The van der Waals surface area contributed by atoms with Gasteiger partial charge in [-0.15, -0.1) is 12.4 Å². The van der Waals surface area contributed by atoms with Gasteiger partial charge >= 0.3 is 0 Å². The van der Waals surface area contributed by atoms with Crippen LogP contribution in [0.4, 0.5) is 10.3 Å². The van der Waals surface area contributed by atoms with E-state index < -0.39 is 0 Å². The number of likely N-dealkylation sites (N-methyl/N-ethyl adjacent to an activating group) is 1. The Kier molecular flexibility index (Phi) is 7.17.